The van der Waals surface area contributed by atoms with Gasteiger partial charge in [-0.3, -0.25) is 4.79 Å². The van der Waals surface area contributed by atoms with Gasteiger partial charge in [-0.05, 0) is 37.9 Å². The SMILES string of the molecule is Cc1ccc(C(=O)NC2CNCCC2C)cc1.Cl. The van der Waals surface area contributed by atoms with Crippen molar-refractivity contribution >= 4 is 18.3 Å². The first-order valence-corrected chi connectivity index (χ1v) is 6.25. The van der Waals surface area contributed by atoms with Gasteiger partial charge in [-0.15, -0.1) is 12.4 Å². The van der Waals surface area contributed by atoms with Crippen LogP contribution in [0, 0.1) is 12.8 Å². The number of rotatable bonds is 2. The molecule has 1 aliphatic heterocycles. The molecule has 0 aliphatic carbocycles. The first kappa shape index (κ1) is 15.0. The Morgan fingerprint density at radius 1 is 1.33 bits per heavy atom. The minimum atomic E-state index is 0. The van der Waals surface area contributed by atoms with E-state index >= 15 is 0 Å². The first-order valence-electron chi connectivity index (χ1n) is 6.25. The van der Waals surface area contributed by atoms with Gasteiger partial charge in [-0.1, -0.05) is 24.6 Å². The fourth-order valence-corrected chi connectivity index (χ4v) is 2.14. The van der Waals surface area contributed by atoms with E-state index in [0.29, 0.717) is 5.92 Å². The summed E-state index contributed by atoms with van der Waals surface area (Å²) in [5, 5.41) is 6.42. The fourth-order valence-electron chi connectivity index (χ4n) is 2.14. The molecular formula is C14H21ClN2O. The van der Waals surface area contributed by atoms with Gasteiger partial charge >= 0.3 is 0 Å². The summed E-state index contributed by atoms with van der Waals surface area (Å²) >= 11 is 0. The van der Waals surface area contributed by atoms with Crippen LogP contribution in [0.2, 0.25) is 0 Å². The molecule has 2 atom stereocenters. The molecule has 1 aromatic rings. The normalized spacial score (nSPS) is 23.0. The molecule has 1 fully saturated rings. The second-order valence-electron chi connectivity index (χ2n) is 4.92. The minimum absolute atomic E-state index is 0. The van der Waals surface area contributed by atoms with Gasteiger partial charge in [-0.2, -0.15) is 0 Å². The van der Waals surface area contributed by atoms with E-state index in [2.05, 4.69) is 17.6 Å². The number of carbonyl (C=O) groups is 1. The lowest BCUT2D eigenvalue weighted by Crippen LogP contribution is -2.50. The highest BCUT2D eigenvalue weighted by Gasteiger charge is 2.22. The van der Waals surface area contributed by atoms with E-state index in [1.165, 1.54) is 5.56 Å². The summed E-state index contributed by atoms with van der Waals surface area (Å²) in [6.07, 6.45) is 1.12. The fraction of sp³-hybridized carbons (Fsp3) is 0.500. The molecule has 0 radical (unpaired) electrons. The number of piperidine rings is 1. The van der Waals surface area contributed by atoms with Crippen LogP contribution in [0.1, 0.15) is 29.3 Å². The molecule has 100 valence electrons. The van der Waals surface area contributed by atoms with Crippen LogP contribution in [0.25, 0.3) is 0 Å². The Balaban J connectivity index is 0.00000162. The van der Waals surface area contributed by atoms with Crippen molar-refractivity contribution in [3.63, 3.8) is 0 Å². The van der Waals surface area contributed by atoms with Gasteiger partial charge in [0, 0.05) is 18.2 Å². The second kappa shape index (κ2) is 6.76. The molecule has 2 N–H and O–H groups in total. The topological polar surface area (TPSA) is 41.1 Å². The molecule has 1 amide bonds. The van der Waals surface area contributed by atoms with E-state index < -0.39 is 0 Å². The first-order chi connectivity index (χ1) is 8.16. The summed E-state index contributed by atoms with van der Waals surface area (Å²) in [4.78, 5) is 12.0. The van der Waals surface area contributed by atoms with Gasteiger partial charge in [0.1, 0.15) is 0 Å². The van der Waals surface area contributed by atoms with E-state index in [9.17, 15) is 4.79 Å². The summed E-state index contributed by atoms with van der Waals surface area (Å²) in [5.41, 5.74) is 1.92. The zero-order valence-corrected chi connectivity index (χ0v) is 11.7. The van der Waals surface area contributed by atoms with Crippen molar-refractivity contribution in [3.8, 4) is 0 Å². The quantitative estimate of drug-likeness (QED) is 0.863. The largest absolute Gasteiger partial charge is 0.348 e. The van der Waals surface area contributed by atoms with E-state index in [-0.39, 0.29) is 24.4 Å². The third-order valence-electron chi connectivity index (χ3n) is 3.46. The number of halogens is 1. The molecule has 0 spiro atoms. The lowest BCUT2D eigenvalue weighted by Gasteiger charge is -2.30. The molecule has 4 heteroatoms. The molecule has 1 aliphatic rings. The molecule has 18 heavy (non-hydrogen) atoms. The average Bonchev–Trinajstić information content (AvgIpc) is 2.33. The van der Waals surface area contributed by atoms with Crippen LogP contribution < -0.4 is 10.6 Å². The molecule has 0 saturated carbocycles. The predicted molar refractivity (Wildman–Crippen MR) is 76.3 cm³/mol. The summed E-state index contributed by atoms with van der Waals surface area (Å²) in [7, 11) is 0. The van der Waals surface area contributed by atoms with E-state index in [1.807, 2.05) is 31.2 Å². The lowest BCUT2D eigenvalue weighted by molar-refractivity contribution is 0.0915. The van der Waals surface area contributed by atoms with Crippen molar-refractivity contribution in [1.29, 1.82) is 0 Å². The van der Waals surface area contributed by atoms with E-state index in [0.717, 1.165) is 25.1 Å². The van der Waals surface area contributed by atoms with Gasteiger partial charge < -0.3 is 10.6 Å². The zero-order valence-electron chi connectivity index (χ0n) is 10.9. The third-order valence-corrected chi connectivity index (χ3v) is 3.46. The van der Waals surface area contributed by atoms with Crippen LogP contribution in [0.5, 0.6) is 0 Å². The minimum Gasteiger partial charge on any atom is -0.348 e. The maximum Gasteiger partial charge on any atom is 0.251 e. The molecule has 1 aromatic carbocycles. The monoisotopic (exact) mass is 268 g/mol. The number of carbonyl (C=O) groups excluding carboxylic acids is 1. The number of aryl methyl sites for hydroxylation is 1. The van der Waals surface area contributed by atoms with Crippen LogP contribution in [0.15, 0.2) is 24.3 Å². The summed E-state index contributed by atoms with van der Waals surface area (Å²) in [6, 6.07) is 7.95. The Kier molecular flexibility index (Phi) is 5.63. The van der Waals surface area contributed by atoms with Gasteiger partial charge in [0.15, 0.2) is 0 Å². The van der Waals surface area contributed by atoms with Crippen molar-refractivity contribution in [2.75, 3.05) is 13.1 Å². The maximum absolute atomic E-state index is 12.0. The number of nitrogens with one attached hydrogen (secondary N) is 2. The number of amides is 1. The molecule has 0 bridgehead atoms. The van der Waals surface area contributed by atoms with Crippen LogP contribution in [0.4, 0.5) is 0 Å². The van der Waals surface area contributed by atoms with E-state index in [1.54, 1.807) is 0 Å². The smallest absolute Gasteiger partial charge is 0.251 e. The van der Waals surface area contributed by atoms with Crippen LogP contribution in [0.3, 0.4) is 0 Å². The summed E-state index contributed by atoms with van der Waals surface area (Å²) < 4.78 is 0. The highest BCUT2D eigenvalue weighted by Crippen LogP contribution is 2.12. The Hall–Kier alpha value is -1.06. The Morgan fingerprint density at radius 3 is 2.61 bits per heavy atom. The Bertz CT molecular complexity index is 391. The number of hydrogen-bond acceptors (Lipinski definition) is 2. The summed E-state index contributed by atoms with van der Waals surface area (Å²) in [6.45, 7) is 6.15. The van der Waals surface area contributed by atoms with Crippen LogP contribution >= 0.6 is 12.4 Å². The number of benzene rings is 1. The van der Waals surface area contributed by atoms with Gasteiger partial charge in [-0.25, -0.2) is 0 Å². The summed E-state index contributed by atoms with van der Waals surface area (Å²) in [5.74, 6) is 0.580. The highest BCUT2D eigenvalue weighted by atomic mass is 35.5. The number of hydrogen-bond donors (Lipinski definition) is 2. The van der Waals surface area contributed by atoms with Gasteiger partial charge in [0.2, 0.25) is 0 Å². The van der Waals surface area contributed by atoms with Crippen molar-refractivity contribution in [3.05, 3.63) is 35.4 Å². The second-order valence-corrected chi connectivity index (χ2v) is 4.92. The van der Waals surface area contributed by atoms with Gasteiger partial charge in [0.25, 0.3) is 5.91 Å². The Morgan fingerprint density at radius 2 is 2.00 bits per heavy atom. The van der Waals surface area contributed by atoms with Crippen LogP contribution in [-0.4, -0.2) is 25.0 Å². The average molecular weight is 269 g/mol. The van der Waals surface area contributed by atoms with Gasteiger partial charge in [0.05, 0.1) is 0 Å². The standard InChI is InChI=1S/C14H20N2O.ClH/c1-10-3-5-12(6-4-10)14(17)16-13-9-15-8-7-11(13)2;/h3-6,11,13,15H,7-9H2,1-2H3,(H,16,17);1H. The van der Waals surface area contributed by atoms with Crippen molar-refractivity contribution in [2.45, 2.75) is 26.3 Å². The third kappa shape index (κ3) is 3.72. The van der Waals surface area contributed by atoms with Crippen LogP contribution in [-0.2, 0) is 0 Å². The van der Waals surface area contributed by atoms with Crippen molar-refractivity contribution in [2.24, 2.45) is 5.92 Å². The molecule has 2 rings (SSSR count). The Labute approximate surface area is 115 Å². The maximum atomic E-state index is 12.0. The molecule has 1 heterocycles. The van der Waals surface area contributed by atoms with Crippen molar-refractivity contribution < 1.29 is 4.79 Å². The highest BCUT2D eigenvalue weighted by molar-refractivity contribution is 5.94. The molecular weight excluding hydrogens is 248 g/mol. The lowest BCUT2D eigenvalue weighted by atomic mass is 9.94. The molecule has 0 aromatic heterocycles. The van der Waals surface area contributed by atoms with E-state index in [4.69, 9.17) is 0 Å². The molecule has 2 unspecified atom stereocenters. The predicted octanol–water partition coefficient (Wildman–Crippen LogP) is 2.14. The molecule has 3 nitrogen and oxygen atoms in total. The zero-order chi connectivity index (χ0) is 12.3. The molecule has 1 saturated heterocycles. The van der Waals surface area contributed by atoms with Crippen molar-refractivity contribution in [1.82, 2.24) is 10.6 Å².